The summed E-state index contributed by atoms with van der Waals surface area (Å²) in [7, 11) is -1.24. The molecule has 0 fully saturated rings. The van der Waals surface area contributed by atoms with Crippen molar-refractivity contribution in [3.8, 4) is 5.75 Å². The summed E-state index contributed by atoms with van der Waals surface area (Å²) in [6.07, 6.45) is 0.237. The third-order valence-electron chi connectivity index (χ3n) is 7.01. The van der Waals surface area contributed by atoms with Gasteiger partial charge in [-0.2, -0.15) is 0 Å². The number of rotatable bonds is 12. The molecule has 0 saturated heterocycles. The van der Waals surface area contributed by atoms with Crippen molar-refractivity contribution in [1.82, 2.24) is 10.2 Å². The molecule has 0 aliphatic rings. The van der Waals surface area contributed by atoms with E-state index < -0.39 is 28.5 Å². The molecule has 0 aliphatic carbocycles. The zero-order chi connectivity index (χ0) is 31.0. The topological polar surface area (TPSA) is 96.0 Å². The number of amides is 2. The molecule has 1 atom stereocenters. The summed E-state index contributed by atoms with van der Waals surface area (Å²) in [6.45, 7) is 1.49. The first-order valence-electron chi connectivity index (χ1n) is 13.6. The zero-order valence-corrected chi connectivity index (χ0v) is 25.8. The van der Waals surface area contributed by atoms with Crippen molar-refractivity contribution in [2.24, 2.45) is 0 Å². The van der Waals surface area contributed by atoms with Crippen molar-refractivity contribution in [1.29, 1.82) is 0 Å². The van der Waals surface area contributed by atoms with Gasteiger partial charge in [-0.25, -0.2) is 8.42 Å². The first-order valence-corrected chi connectivity index (χ1v) is 15.5. The quantitative estimate of drug-likeness (QED) is 0.234. The van der Waals surface area contributed by atoms with Gasteiger partial charge in [-0.05, 0) is 60.5 Å². The van der Waals surface area contributed by atoms with Gasteiger partial charge in [0.15, 0.2) is 0 Å². The van der Waals surface area contributed by atoms with E-state index in [1.165, 1.54) is 49.4 Å². The minimum atomic E-state index is -4.24. The second kappa shape index (κ2) is 14.2. The normalized spacial score (nSPS) is 11.8. The van der Waals surface area contributed by atoms with Gasteiger partial charge >= 0.3 is 0 Å². The molecule has 0 radical (unpaired) electrons. The SMILES string of the molecule is CNC(=O)[C@@H](Cc1ccccc1)N(Cc1ccc(C)cc1)C(=O)CN(c1cccc(Cl)c1)S(=O)(=O)c1ccc(OC)cc1. The maximum atomic E-state index is 14.3. The van der Waals surface area contributed by atoms with E-state index in [1.54, 1.807) is 18.2 Å². The van der Waals surface area contributed by atoms with Crippen molar-refractivity contribution in [3.63, 3.8) is 0 Å². The fourth-order valence-corrected chi connectivity index (χ4v) is 6.24. The van der Waals surface area contributed by atoms with Crippen molar-refractivity contribution >= 4 is 39.1 Å². The largest absolute Gasteiger partial charge is 0.497 e. The van der Waals surface area contributed by atoms with E-state index in [0.717, 1.165) is 21.0 Å². The number of carbonyl (C=O) groups is 2. The van der Waals surface area contributed by atoms with Crippen molar-refractivity contribution < 1.29 is 22.7 Å². The van der Waals surface area contributed by atoms with Crippen LogP contribution in [0.4, 0.5) is 5.69 Å². The number of methoxy groups -OCH3 is 1. The summed E-state index contributed by atoms with van der Waals surface area (Å²) >= 11 is 6.26. The average Bonchev–Trinajstić information content (AvgIpc) is 3.02. The summed E-state index contributed by atoms with van der Waals surface area (Å²) in [6, 6.07) is 28.3. The number of nitrogens with zero attached hydrogens (tertiary/aromatic N) is 2. The number of ether oxygens (including phenoxy) is 1. The first-order chi connectivity index (χ1) is 20.6. The Balaban J connectivity index is 1.78. The number of sulfonamides is 1. The smallest absolute Gasteiger partial charge is 0.264 e. The van der Waals surface area contributed by atoms with Gasteiger partial charge in [-0.3, -0.25) is 13.9 Å². The molecule has 0 spiro atoms. The second-order valence-electron chi connectivity index (χ2n) is 9.99. The number of benzene rings is 4. The van der Waals surface area contributed by atoms with Crippen LogP contribution in [0.2, 0.25) is 5.02 Å². The minimum Gasteiger partial charge on any atom is -0.497 e. The predicted molar refractivity (Wildman–Crippen MR) is 169 cm³/mol. The summed E-state index contributed by atoms with van der Waals surface area (Å²) in [4.78, 5) is 29.0. The van der Waals surface area contributed by atoms with Gasteiger partial charge in [0.2, 0.25) is 11.8 Å². The fraction of sp³-hybridized carbons (Fsp3) is 0.212. The van der Waals surface area contributed by atoms with Gasteiger partial charge in [-0.1, -0.05) is 77.8 Å². The van der Waals surface area contributed by atoms with Crippen molar-refractivity contribution in [3.05, 3.63) is 125 Å². The van der Waals surface area contributed by atoms with Crippen LogP contribution < -0.4 is 14.4 Å². The second-order valence-corrected chi connectivity index (χ2v) is 12.3. The van der Waals surface area contributed by atoms with E-state index in [-0.39, 0.29) is 29.5 Å². The lowest BCUT2D eigenvalue weighted by Gasteiger charge is -2.33. The molecular weight excluding hydrogens is 586 g/mol. The van der Waals surface area contributed by atoms with E-state index in [9.17, 15) is 18.0 Å². The Morgan fingerprint density at radius 2 is 1.56 bits per heavy atom. The predicted octanol–water partition coefficient (Wildman–Crippen LogP) is 5.24. The van der Waals surface area contributed by atoms with Gasteiger partial charge in [0.1, 0.15) is 18.3 Å². The average molecular weight is 620 g/mol. The third-order valence-corrected chi connectivity index (χ3v) is 9.04. The number of nitrogens with one attached hydrogen (secondary N) is 1. The molecule has 10 heteroatoms. The van der Waals surface area contributed by atoms with Gasteiger partial charge in [0.25, 0.3) is 10.0 Å². The van der Waals surface area contributed by atoms with Crippen LogP contribution in [0.3, 0.4) is 0 Å². The van der Waals surface area contributed by atoms with Gasteiger partial charge in [-0.15, -0.1) is 0 Å². The Morgan fingerprint density at radius 3 is 2.16 bits per heavy atom. The molecule has 0 aromatic heterocycles. The highest BCUT2D eigenvalue weighted by atomic mass is 35.5. The van der Waals surface area contributed by atoms with Crippen LogP contribution in [0.1, 0.15) is 16.7 Å². The first kappa shape index (κ1) is 31.6. The van der Waals surface area contributed by atoms with Crippen LogP contribution in [0.15, 0.2) is 108 Å². The molecule has 4 aromatic carbocycles. The van der Waals surface area contributed by atoms with Crippen molar-refractivity contribution in [2.45, 2.75) is 30.8 Å². The van der Waals surface area contributed by atoms with E-state index in [1.807, 2.05) is 61.5 Å². The lowest BCUT2D eigenvalue weighted by molar-refractivity contribution is -0.139. The van der Waals surface area contributed by atoms with Gasteiger partial charge in [0, 0.05) is 25.0 Å². The zero-order valence-electron chi connectivity index (χ0n) is 24.2. The monoisotopic (exact) mass is 619 g/mol. The highest BCUT2D eigenvalue weighted by Crippen LogP contribution is 2.28. The molecule has 0 aliphatic heterocycles. The Kier molecular flexibility index (Phi) is 10.4. The lowest BCUT2D eigenvalue weighted by Crippen LogP contribution is -2.53. The Morgan fingerprint density at radius 1 is 0.884 bits per heavy atom. The summed E-state index contributed by atoms with van der Waals surface area (Å²) in [5, 5.41) is 2.99. The molecule has 43 heavy (non-hydrogen) atoms. The van der Waals surface area contributed by atoms with E-state index >= 15 is 0 Å². The van der Waals surface area contributed by atoms with E-state index in [0.29, 0.717) is 10.8 Å². The number of anilines is 1. The van der Waals surface area contributed by atoms with Crippen LogP contribution in [0.25, 0.3) is 0 Å². The van der Waals surface area contributed by atoms with Gasteiger partial charge in [0.05, 0.1) is 17.7 Å². The maximum absolute atomic E-state index is 14.3. The number of likely N-dealkylation sites (N-methyl/N-ethyl adjacent to an activating group) is 1. The number of aryl methyl sites for hydroxylation is 1. The minimum absolute atomic E-state index is 0.0294. The Hall–Kier alpha value is -4.34. The number of hydrogen-bond acceptors (Lipinski definition) is 5. The number of carbonyl (C=O) groups excluding carboxylic acids is 2. The highest BCUT2D eigenvalue weighted by molar-refractivity contribution is 7.92. The van der Waals surface area contributed by atoms with Crippen LogP contribution >= 0.6 is 11.6 Å². The molecule has 8 nitrogen and oxygen atoms in total. The van der Waals surface area contributed by atoms with Gasteiger partial charge < -0.3 is 15.0 Å². The van der Waals surface area contributed by atoms with E-state index in [2.05, 4.69) is 5.32 Å². The van der Waals surface area contributed by atoms with Crippen LogP contribution in [0, 0.1) is 6.92 Å². The standard InChI is InChI=1S/C33H34ClN3O5S/c1-24-12-14-26(15-13-24)22-36(31(33(39)35-2)20-25-8-5-4-6-9-25)32(38)23-37(28-11-7-10-27(34)21-28)43(40,41)30-18-16-29(42-3)17-19-30/h4-19,21,31H,20,22-23H2,1-3H3,(H,35,39)/t31-/m1/s1. The molecule has 224 valence electrons. The molecule has 0 bridgehead atoms. The van der Waals surface area contributed by atoms with Crippen LogP contribution in [-0.2, 0) is 32.6 Å². The van der Waals surface area contributed by atoms with E-state index in [4.69, 9.17) is 16.3 Å². The molecule has 0 unspecified atom stereocenters. The van der Waals surface area contributed by atoms with Crippen LogP contribution in [0.5, 0.6) is 5.75 Å². The molecule has 4 aromatic rings. The number of halogens is 1. The molecule has 0 heterocycles. The lowest BCUT2D eigenvalue weighted by atomic mass is 10.0. The molecule has 4 rings (SSSR count). The highest BCUT2D eigenvalue weighted by Gasteiger charge is 2.34. The maximum Gasteiger partial charge on any atom is 0.264 e. The summed E-state index contributed by atoms with van der Waals surface area (Å²) < 4.78 is 34.3. The Labute approximate surface area is 257 Å². The Bertz CT molecular complexity index is 1650. The number of hydrogen-bond donors (Lipinski definition) is 1. The summed E-state index contributed by atoms with van der Waals surface area (Å²) in [5.74, 6) is -0.429. The third kappa shape index (κ3) is 7.94. The summed E-state index contributed by atoms with van der Waals surface area (Å²) in [5.41, 5.74) is 2.92. The van der Waals surface area contributed by atoms with Crippen LogP contribution in [-0.4, -0.2) is 51.9 Å². The molecule has 2 amide bonds. The van der Waals surface area contributed by atoms with Crippen molar-refractivity contribution in [2.75, 3.05) is 25.0 Å². The molecule has 1 N–H and O–H groups in total. The molecular formula is C33H34ClN3O5S. The fourth-order valence-electron chi connectivity index (χ4n) is 4.65. The molecule has 0 saturated carbocycles.